The first-order valence-corrected chi connectivity index (χ1v) is 10.7. The summed E-state index contributed by atoms with van der Waals surface area (Å²) >= 11 is 1.42. The van der Waals surface area contributed by atoms with Crippen molar-refractivity contribution in [3.8, 4) is 16.3 Å². The van der Waals surface area contributed by atoms with E-state index in [0.717, 1.165) is 36.0 Å². The molecule has 6 nitrogen and oxygen atoms in total. The molecule has 0 N–H and O–H groups in total. The number of carbonyl (C=O) groups excluding carboxylic acids is 1. The summed E-state index contributed by atoms with van der Waals surface area (Å²) in [6, 6.07) is 17.9. The van der Waals surface area contributed by atoms with Gasteiger partial charge in [0.05, 0.1) is 13.7 Å². The van der Waals surface area contributed by atoms with Crippen LogP contribution in [0, 0.1) is 0 Å². The zero-order valence-corrected chi connectivity index (χ0v) is 17.6. The molecule has 7 heteroatoms. The molecule has 156 valence electrons. The summed E-state index contributed by atoms with van der Waals surface area (Å²) in [6.45, 7) is 3.33. The number of hydrogen-bond donors (Lipinski definition) is 0. The highest BCUT2D eigenvalue weighted by molar-refractivity contribution is 7.13. The molecule has 1 fully saturated rings. The van der Waals surface area contributed by atoms with Crippen LogP contribution in [0.4, 0.5) is 0 Å². The molecule has 4 rings (SSSR count). The molecule has 1 saturated heterocycles. The maximum atomic E-state index is 12.4. The summed E-state index contributed by atoms with van der Waals surface area (Å²) in [4.78, 5) is 19.2. The fraction of sp³-hybridized carbons (Fsp3) is 0.304. The summed E-state index contributed by atoms with van der Waals surface area (Å²) in [6.07, 6.45) is -0.133. The van der Waals surface area contributed by atoms with Gasteiger partial charge in [-0.05, 0) is 29.8 Å². The normalized spacial score (nSPS) is 16.9. The quantitative estimate of drug-likeness (QED) is 0.537. The Morgan fingerprint density at radius 1 is 1.20 bits per heavy atom. The number of nitrogens with zero attached hydrogens (tertiary/aromatic N) is 2. The van der Waals surface area contributed by atoms with Crippen molar-refractivity contribution in [2.75, 3.05) is 33.4 Å². The van der Waals surface area contributed by atoms with Gasteiger partial charge in [-0.2, -0.15) is 0 Å². The molecule has 2 heterocycles. The molecule has 0 bridgehead atoms. The van der Waals surface area contributed by atoms with Gasteiger partial charge in [-0.3, -0.25) is 4.90 Å². The molecule has 3 aromatic rings. The van der Waals surface area contributed by atoms with Crippen molar-refractivity contribution in [3.63, 3.8) is 0 Å². The predicted molar refractivity (Wildman–Crippen MR) is 116 cm³/mol. The highest BCUT2D eigenvalue weighted by atomic mass is 32.1. The van der Waals surface area contributed by atoms with Gasteiger partial charge in [0.1, 0.15) is 23.5 Å². The van der Waals surface area contributed by atoms with Gasteiger partial charge < -0.3 is 14.2 Å². The zero-order chi connectivity index (χ0) is 20.8. The number of aromatic nitrogens is 1. The van der Waals surface area contributed by atoms with Crippen molar-refractivity contribution in [1.29, 1.82) is 0 Å². The smallest absolute Gasteiger partial charge is 0.357 e. The number of thiazole rings is 1. The third kappa shape index (κ3) is 5.24. The molecule has 0 spiro atoms. The lowest BCUT2D eigenvalue weighted by atomic mass is 10.2. The first-order chi connectivity index (χ1) is 14.7. The van der Waals surface area contributed by atoms with E-state index in [1.165, 1.54) is 16.9 Å². The summed E-state index contributed by atoms with van der Waals surface area (Å²) in [5.74, 6) is 0.360. The standard InChI is InChI=1S/C23H24N2O4S/c1-27-19-9-7-18(8-10-19)22-24-21(16-30-22)23(26)29-15-20-14-25(11-12-28-20)13-17-5-3-2-4-6-17/h2-10,16,20H,11-15H2,1H3. The van der Waals surface area contributed by atoms with Crippen LogP contribution in [0.2, 0.25) is 0 Å². The molecule has 0 saturated carbocycles. The van der Waals surface area contributed by atoms with Crippen LogP contribution >= 0.6 is 11.3 Å². The van der Waals surface area contributed by atoms with Crippen LogP contribution in [0.25, 0.3) is 10.6 Å². The predicted octanol–water partition coefficient (Wildman–Crippen LogP) is 3.88. The Bertz CT molecular complexity index is 959. The lowest BCUT2D eigenvalue weighted by Gasteiger charge is -2.32. The van der Waals surface area contributed by atoms with E-state index in [1.807, 2.05) is 42.5 Å². The number of carbonyl (C=O) groups is 1. The largest absolute Gasteiger partial charge is 0.497 e. The topological polar surface area (TPSA) is 60.9 Å². The number of benzene rings is 2. The van der Waals surface area contributed by atoms with Crippen LogP contribution < -0.4 is 4.74 Å². The molecule has 0 amide bonds. The summed E-state index contributed by atoms with van der Waals surface area (Å²) in [7, 11) is 1.63. The van der Waals surface area contributed by atoms with E-state index < -0.39 is 5.97 Å². The zero-order valence-electron chi connectivity index (χ0n) is 16.8. The van der Waals surface area contributed by atoms with Crippen LogP contribution in [0.15, 0.2) is 60.0 Å². The first-order valence-electron chi connectivity index (χ1n) is 9.86. The van der Waals surface area contributed by atoms with E-state index in [2.05, 4.69) is 22.0 Å². The second kappa shape index (κ2) is 9.84. The molecule has 1 aliphatic heterocycles. The van der Waals surface area contributed by atoms with E-state index in [9.17, 15) is 4.79 Å². The minimum Gasteiger partial charge on any atom is -0.497 e. The van der Waals surface area contributed by atoms with Crippen LogP contribution in [0.3, 0.4) is 0 Å². The van der Waals surface area contributed by atoms with Gasteiger partial charge in [0.25, 0.3) is 0 Å². The summed E-state index contributed by atoms with van der Waals surface area (Å²) in [5.41, 5.74) is 2.53. The van der Waals surface area contributed by atoms with E-state index in [4.69, 9.17) is 14.2 Å². The Labute approximate surface area is 180 Å². The average Bonchev–Trinajstić information content (AvgIpc) is 3.29. The van der Waals surface area contributed by atoms with Gasteiger partial charge in [-0.25, -0.2) is 9.78 Å². The van der Waals surface area contributed by atoms with Crippen LogP contribution in [-0.4, -0.2) is 55.4 Å². The number of esters is 1. The molecule has 30 heavy (non-hydrogen) atoms. The molecular formula is C23H24N2O4S. The van der Waals surface area contributed by atoms with Gasteiger partial charge in [0.2, 0.25) is 0 Å². The van der Waals surface area contributed by atoms with Crippen molar-refractivity contribution in [1.82, 2.24) is 9.88 Å². The van der Waals surface area contributed by atoms with Crippen molar-refractivity contribution < 1.29 is 19.0 Å². The lowest BCUT2D eigenvalue weighted by Crippen LogP contribution is -2.44. The molecule has 1 atom stereocenters. The molecule has 0 aliphatic carbocycles. The highest BCUT2D eigenvalue weighted by Crippen LogP contribution is 2.26. The molecule has 1 unspecified atom stereocenters. The Balaban J connectivity index is 1.29. The highest BCUT2D eigenvalue weighted by Gasteiger charge is 2.23. The minimum absolute atomic E-state index is 0.133. The SMILES string of the molecule is COc1ccc(-c2nc(C(=O)OCC3CN(Cc4ccccc4)CCO3)cs2)cc1. The monoisotopic (exact) mass is 424 g/mol. The number of morpholine rings is 1. The number of ether oxygens (including phenoxy) is 3. The van der Waals surface area contributed by atoms with Crippen LogP contribution in [-0.2, 0) is 16.0 Å². The maximum Gasteiger partial charge on any atom is 0.357 e. The van der Waals surface area contributed by atoms with E-state index in [0.29, 0.717) is 12.3 Å². The van der Waals surface area contributed by atoms with Gasteiger partial charge in [0.15, 0.2) is 5.69 Å². The summed E-state index contributed by atoms with van der Waals surface area (Å²) < 4.78 is 16.4. The Morgan fingerprint density at radius 3 is 2.77 bits per heavy atom. The third-order valence-corrected chi connectivity index (χ3v) is 5.81. The van der Waals surface area contributed by atoms with E-state index in [1.54, 1.807) is 12.5 Å². The molecule has 1 aliphatic rings. The maximum absolute atomic E-state index is 12.4. The lowest BCUT2D eigenvalue weighted by molar-refractivity contribution is -0.0613. The Kier molecular flexibility index (Phi) is 6.74. The van der Waals surface area contributed by atoms with Crippen LogP contribution in [0.1, 0.15) is 16.1 Å². The first kappa shape index (κ1) is 20.5. The molecule has 2 aromatic carbocycles. The van der Waals surface area contributed by atoms with Crippen LogP contribution in [0.5, 0.6) is 5.75 Å². The number of methoxy groups -OCH3 is 1. The summed E-state index contributed by atoms with van der Waals surface area (Å²) in [5, 5.41) is 2.50. The second-order valence-electron chi connectivity index (χ2n) is 7.08. The van der Waals surface area contributed by atoms with E-state index >= 15 is 0 Å². The third-order valence-electron chi connectivity index (χ3n) is 4.92. The van der Waals surface area contributed by atoms with Gasteiger partial charge in [-0.1, -0.05) is 30.3 Å². The minimum atomic E-state index is -0.421. The fourth-order valence-corrected chi connectivity index (χ4v) is 4.14. The Morgan fingerprint density at radius 2 is 2.00 bits per heavy atom. The van der Waals surface area contributed by atoms with E-state index in [-0.39, 0.29) is 12.7 Å². The van der Waals surface area contributed by atoms with Crippen molar-refractivity contribution in [2.24, 2.45) is 0 Å². The molecule has 1 aromatic heterocycles. The number of rotatable bonds is 7. The van der Waals surface area contributed by atoms with Gasteiger partial charge in [0, 0.05) is 30.6 Å². The second-order valence-corrected chi connectivity index (χ2v) is 7.94. The van der Waals surface area contributed by atoms with Gasteiger partial charge >= 0.3 is 5.97 Å². The molecule has 0 radical (unpaired) electrons. The molecular weight excluding hydrogens is 400 g/mol. The van der Waals surface area contributed by atoms with Crippen molar-refractivity contribution in [2.45, 2.75) is 12.6 Å². The van der Waals surface area contributed by atoms with Gasteiger partial charge in [-0.15, -0.1) is 11.3 Å². The fourth-order valence-electron chi connectivity index (χ4n) is 3.34. The average molecular weight is 425 g/mol. The van der Waals surface area contributed by atoms with Crippen molar-refractivity contribution >= 4 is 17.3 Å². The Hall–Kier alpha value is -2.74. The number of hydrogen-bond acceptors (Lipinski definition) is 7. The van der Waals surface area contributed by atoms with Crippen molar-refractivity contribution in [3.05, 3.63) is 71.2 Å².